The topological polar surface area (TPSA) is 22.9 Å². The Morgan fingerprint density at radius 3 is 1.61 bits per heavy atom. The maximum atomic E-state index is 7.60. The maximum Gasteiger partial charge on any atom is 0.257 e. The smallest absolute Gasteiger partial charge is 0.257 e. The summed E-state index contributed by atoms with van der Waals surface area (Å²) < 4.78 is 7.60. The van der Waals surface area contributed by atoms with Crippen molar-refractivity contribution >= 4 is 85.5 Å². The Balaban J connectivity index is 1.14. The first-order chi connectivity index (χ1) is 38.1. The van der Waals surface area contributed by atoms with Gasteiger partial charge in [-0.2, -0.15) is 0 Å². The molecular weight excluding hydrogens is 970 g/mol. The van der Waals surface area contributed by atoms with E-state index >= 15 is 0 Å². The van der Waals surface area contributed by atoms with Crippen molar-refractivity contribution in [3.63, 3.8) is 0 Å². The number of furan rings is 1. The third-order valence-corrected chi connectivity index (χ3v) is 19.6. The minimum absolute atomic E-state index is 0.00513. The number of aryl methyl sites for hydroxylation is 3. The molecule has 0 saturated heterocycles. The van der Waals surface area contributed by atoms with E-state index in [1.165, 1.54) is 95.5 Å². The van der Waals surface area contributed by atoms with Gasteiger partial charge < -0.3 is 14.2 Å². The molecule has 9 aromatic rings. The molecule has 0 amide bonds. The number of benzene rings is 8. The first-order valence-corrected chi connectivity index (χ1v) is 29.9. The van der Waals surface area contributed by atoms with Crippen LogP contribution < -0.4 is 31.1 Å². The van der Waals surface area contributed by atoms with Gasteiger partial charge in [0.1, 0.15) is 5.58 Å². The zero-order valence-electron chi connectivity index (χ0n) is 50.1. The van der Waals surface area contributed by atoms with Crippen LogP contribution in [0.5, 0.6) is 0 Å². The van der Waals surface area contributed by atoms with E-state index in [4.69, 9.17) is 4.42 Å². The molecule has 13 rings (SSSR count). The SMILES string of the molecule is CCc1cc2oc3c(c2cc1CC)B1c2ccc(C(C)(C)C)cc2N(c2cc4c(cc2C)C(C)(C)CCC4(C)C)c2cc(-c4ccc(N(c5ccccc5)c5ccccc5)cc4)cc(c21)N3c1ccc2c(c1)C(C)(C)CCC2(C)C. The summed E-state index contributed by atoms with van der Waals surface area (Å²) in [6.45, 7) is 33.6. The molecule has 0 fully saturated rings. The predicted octanol–water partition coefficient (Wildman–Crippen LogP) is 19.1. The second-order valence-corrected chi connectivity index (χ2v) is 27.7. The van der Waals surface area contributed by atoms with E-state index in [0.717, 1.165) is 77.4 Å². The van der Waals surface area contributed by atoms with Gasteiger partial charge in [-0.3, -0.25) is 4.90 Å². The molecule has 0 saturated carbocycles. The van der Waals surface area contributed by atoms with Gasteiger partial charge in [0.25, 0.3) is 6.71 Å². The molecule has 0 spiro atoms. The van der Waals surface area contributed by atoms with E-state index in [2.05, 4.69) is 269 Å². The standard InChI is InChI=1S/C75H80BN3O/c1-15-48-40-57-67(43-49(48)16-2)80-70-68(57)76-62-34-29-52(71(4,5)6)44-64(62)79(63-46-61-59(39-47(63)3)73(9,10)37-38-75(61,13)14)66-42-51(50-27-30-55(31-28-50)77(53-23-19-17-20-24-53)54-25-21-18-22-26-54)41-65(69(66)76)78(70)56-32-33-58-60(45-56)74(11,12)36-35-72(58,7)8/h17-34,39-46H,15-16,35-38H2,1-14H3. The molecular formula is C75H80BN3O. The summed E-state index contributed by atoms with van der Waals surface area (Å²) in [5, 5.41) is 1.22. The number of rotatable bonds is 8. The molecule has 1 aromatic heterocycles. The maximum absolute atomic E-state index is 7.60. The van der Waals surface area contributed by atoms with Crippen LogP contribution in [0.4, 0.5) is 51.4 Å². The zero-order valence-corrected chi connectivity index (χ0v) is 50.1. The fraction of sp³-hybridized carbons (Fsp3) is 0.333. The first kappa shape index (κ1) is 52.2. The van der Waals surface area contributed by atoms with E-state index in [0.29, 0.717) is 0 Å². The molecule has 404 valence electrons. The van der Waals surface area contributed by atoms with Crippen LogP contribution in [0.3, 0.4) is 0 Å². The van der Waals surface area contributed by atoms with Crippen LogP contribution in [0.2, 0.25) is 0 Å². The van der Waals surface area contributed by atoms with E-state index in [-0.39, 0.29) is 33.8 Å². The van der Waals surface area contributed by atoms with Crippen molar-refractivity contribution in [3.8, 4) is 11.1 Å². The van der Waals surface area contributed by atoms with Crippen molar-refractivity contribution in [2.45, 2.75) is 163 Å². The second kappa shape index (κ2) is 18.4. The molecule has 80 heavy (non-hydrogen) atoms. The first-order valence-electron chi connectivity index (χ1n) is 29.9. The van der Waals surface area contributed by atoms with Gasteiger partial charge >= 0.3 is 0 Å². The Bertz CT molecular complexity index is 3890. The Hall–Kier alpha value is -7.24. The zero-order chi connectivity index (χ0) is 56.0. The molecule has 0 atom stereocenters. The summed E-state index contributed by atoms with van der Waals surface area (Å²) in [6.07, 6.45) is 6.54. The number of hydrogen-bond acceptors (Lipinski definition) is 4. The lowest BCUT2D eigenvalue weighted by atomic mass is 9.33. The number of hydrogen-bond donors (Lipinski definition) is 0. The van der Waals surface area contributed by atoms with E-state index in [9.17, 15) is 0 Å². The lowest BCUT2D eigenvalue weighted by Crippen LogP contribution is -2.61. The lowest BCUT2D eigenvalue weighted by Gasteiger charge is -2.46. The summed E-state index contributed by atoms with van der Waals surface area (Å²) >= 11 is 0. The molecule has 3 heterocycles. The lowest BCUT2D eigenvalue weighted by molar-refractivity contribution is 0.332. The molecule has 4 aliphatic rings. The highest BCUT2D eigenvalue weighted by Crippen LogP contribution is 2.54. The summed E-state index contributed by atoms with van der Waals surface area (Å²) in [5.41, 5.74) is 27.9. The van der Waals surface area contributed by atoms with Crippen molar-refractivity contribution in [2.24, 2.45) is 0 Å². The summed E-state index contributed by atoms with van der Waals surface area (Å²) in [4.78, 5) is 7.60. The van der Waals surface area contributed by atoms with Crippen molar-refractivity contribution in [3.05, 3.63) is 202 Å². The van der Waals surface area contributed by atoms with Gasteiger partial charge in [0.2, 0.25) is 5.88 Å². The average molecular weight is 1050 g/mol. The normalized spacial score (nSPS) is 17.1. The fourth-order valence-corrected chi connectivity index (χ4v) is 14.5. The monoisotopic (exact) mass is 1050 g/mol. The van der Waals surface area contributed by atoms with E-state index < -0.39 is 0 Å². The second-order valence-electron chi connectivity index (χ2n) is 27.7. The number of para-hydroxylation sites is 2. The Kier molecular flexibility index (Phi) is 12.0. The average Bonchev–Trinajstić information content (AvgIpc) is 3.86. The molecule has 0 radical (unpaired) electrons. The molecule has 2 aliphatic carbocycles. The Morgan fingerprint density at radius 2 is 1.02 bits per heavy atom. The molecule has 4 nitrogen and oxygen atoms in total. The number of fused-ring (bicyclic) bond motifs is 8. The molecule has 2 aliphatic heterocycles. The fourth-order valence-electron chi connectivity index (χ4n) is 14.5. The third kappa shape index (κ3) is 8.21. The van der Waals surface area contributed by atoms with E-state index in [1.54, 1.807) is 0 Å². The minimum Gasteiger partial charge on any atom is -0.440 e. The molecule has 0 unspecified atom stereocenters. The van der Waals surface area contributed by atoms with Crippen LogP contribution in [-0.4, -0.2) is 6.71 Å². The van der Waals surface area contributed by atoms with Gasteiger partial charge in [-0.15, -0.1) is 0 Å². The van der Waals surface area contributed by atoms with Gasteiger partial charge in [0.05, 0.1) is 0 Å². The van der Waals surface area contributed by atoms with Crippen molar-refractivity contribution in [1.82, 2.24) is 0 Å². The van der Waals surface area contributed by atoms with Crippen LogP contribution in [-0.2, 0) is 39.9 Å². The van der Waals surface area contributed by atoms with Crippen LogP contribution in [0, 0.1) is 6.92 Å². The van der Waals surface area contributed by atoms with Gasteiger partial charge in [0.15, 0.2) is 0 Å². The molecule has 0 bridgehead atoms. The van der Waals surface area contributed by atoms with Crippen LogP contribution in [0.15, 0.2) is 162 Å². The Labute approximate surface area is 478 Å². The Morgan fingerprint density at radius 1 is 0.487 bits per heavy atom. The molecule has 8 aromatic carbocycles. The van der Waals surface area contributed by atoms with Gasteiger partial charge in [-0.1, -0.05) is 163 Å². The highest BCUT2D eigenvalue weighted by atomic mass is 16.4. The minimum atomic E-state index is -0.104. The van der Waals surface area contributed by atoms with Crippen molar-refractivity contribution < 1.29 is 4.42 Å². The molecule has 5 heteroatoms. The number of anilines is 9. The highest BCUT2D eigenvalue weighted by molar-refractivity contribution is 7.01. The third-order valence-electron chi connectivity index (χ3n) is 19.6. The van der Waals surface area contributed by atoms with Crippen molar-refractivity contribution in [1.29, 1.82) is 0 Å². The summed E-state index contributed by atoms with van der Waals surface area (Å²) in [7, 11) is 0. The highest BCUT2D eigenvalue weighted by Gasteiger charge is 2.48. The summed E-state index contributed by atoms with van der Waals surface area (Å²) in [5.74, 6) is 0.925. The van der Waals surface area contributed by atoms with Gasteiger partial charge in [-0.05, 0) is 224 Å². The van der Waals surface area contributed by atoms with Crippen LogP contribution >= 0.6 is 0 Å². The number of nitrogens with zero attached hydrogens (tertiary/aromatic N) is 3. The van der Waals surface area contributed by atoms with E-state index in [1.807, 2.05) is 0 Å². The summed E-state index contributed by atoms with van der Waals surface area (Å²) in [6, 6.07) is 60.7. The van der Waals surface area contributed by atoms with Crippen LogP contribution in [0.25, 0.3) is 22.1 Å². The quantitative estimate of drug-likeness (QED) is 0.141. The van der Waals surface area contributed by atoms with Gasteiger partial charge in [-0.25, -0.2) is 0 Å². The van der Waals surface area contributed by atoms with Crippen molar-refractivity contribution in [2.75, 3.05) is 14.7 Å². The largest absolute Gasteiger partial charge is 0.440 e. The van der Waals surface area contributed by atoms with Gasteiger partial charge in [0, 0.05) is 56.3 Å². The van der Waals surface area contributed by atoms with Crippen LogP contribution in [0.1, 0.15) is 160 Å². The molecule has 0 N–H and O–H groups in total. The predicted molar refractivity (Wildman–Crippen MR) is 343 cm³/mol.